The summed E-state index contributed by atoms with van der Waals surface area (Å²) in [6, 6.07) is 22.5. The second kappa shape index (κ2) is 9.16. The van der Waals surface area contributed by atoms with Crippen LogP contribution in [0.5, 0.6) is 0 Å². The summed E-state index contributed by atoms with van der Waals surface area (Å²) >= 11 is 7.61. The Kier molecular flexibility index (Phi) is 6.34. The monoisotopic (exact) mass is 459 g/mol. The molecule has 0 radical (unpaired) electrons. The quantitative estimate of drug-likeness (QED) is 0.296. The Bertz CT molecular complexity index is 1160. The Morgan fingerprint density at radius 3 is 2.26 bits per heavy atom. The van der Waals surface area contributed by atoms with Crippen molar-refractivity contribution in [2.45, 2.75) is 23.5 Å². The lowest BCUT2D eigenvalue weighted by Gasteiger charge is -2.11. The smallest absolute Gasteiger partial charge is 0.274 e. The maximum atomic E-state index is 12.8. The lowest BCUT2D eigenvalue weighted by Crippen LogP contribution is -2.05. The van der Waals surface area contributed by atoms with Crippen LogP contribution < -0.4 is 0 Å². The number of hydrogen-bond acceptors (Lipinski definition) is 3. The molecule has 0 amide bonds. The van der Waals surface area contributed by atoms with Crippen molar-refractivity contribution in [1.82, 2.24) is 14.8 Å². The Hall–Kier alpha value is -2.77. The summed E-state index contributed by atoms with van der Waals surface area (Å²) in [5.41, 5.74) is 2.03. The molecular weight excluding hydrogens is 443 g/mol. The highest BCUT2D eigenvalue weighted by atomic mass is 35.5. The zero-order valence-corrected chi connectivity index (χ0v) is 17.8. The summed E-state index contributed by atoms with van der Waals surface area (Å²) in [5.74, 6) is 1.21. The van der Waals surface area contributed by atoms with Gasteiger partial charge in [-0.2, -0.15) is 13.2 Å². The molecule has 0 spiro atoms. The molecule has 4 aromatic rings. The Labute approximate surface area is 186 Å². The van der Waals surface area contributed by atoms with Crippen molar-refractivity contribution in [2.75, 3.05) is 0 Å². The van der Waals surface area contributed by atoms with E-state index in [1.807, 2.05) is 53.1 Å². The van der Waals surface area contributed by atoms with Crippen LogP contribution in [0.2, 0.25) is 5.02 Å². The predicted molar refractivity (Wildman–Crippen MR) is 117 cm³/mol. The van der Waals surface area contributed by atoms with Gasteiger partial charge < -0.3 is 0 Å². The second-order valence-electron chi connectivity index (χ2n) is 6.86. The zero-order chi connectivity index (χ0) is 21.8. The van der Waals surface area contributed by atoms with Crippen LogP contribution in [-0.2, 0) is 18.3 Å². The molecule has 158 valence electrons. The minimum Gasteiger partial charge on any atom is -0.274 e. The first-order chi connectivity index (χ1) is 14.9. The number of thioether (sulfide) groups is 1. The van der Waals surface area contributed by atoms with Crippen molar-refractivity contribution in [2.24, 2.45) is 0 Å². The van der Waals surface area contributed by atoms with Gasteiger partial charge in [-0.3, -0.25) is 4.57 Å². The number of benzene rings is 3. The van der Waals surface area contributed by atoms with E-state index >= 15 is 0 Å². The molecule has 31 heavy (non-hydrogen) atoms. The topological polar surface area (TPSA) is 30.7 Å². The maximum absolute atomic E-state index is 12.8. The fraction of sp³-hybridized carbons (Fsp3) is 0.130. The molecule has 0 saturated carbocycles. The third-order valence-electron chi connectivity index (χ3n) is 4.62. The SMILES string of the molecule is FC(F)(F)c1ccc(CSc2nnc(Cc3ccccc3)n2-c2cccc(Cl)c2)cc1. The first kappa shape index (κ1) is 21.5. The molecule has 0 bridgehead atoms. The van der Waals surface area contributed by atoms with E-state index in [0.29, 0.717) is 22.4 Å². The van der Waals surface area contributed by atoms with Crippen molar-refractivity contribution >= 4 is 23.4 Å². The molecule has 0 aliphatic rings. The van der Waals surface area contributed by atoms with E-state index in [1.54, 1.807) is 6.07 Å². The predicted octanol–water partition coefficient (Wildman–Crippen LogP) is 6.82. The highest BCUT2D eigenvalue weighted by molar-refractivity contribution is 7.98. The zero-order valence-electron chi connectivity index (χ0n) is 16.2. The molecule has 4 rings (SSSR count). The molecule has 0 N–H and O–H groups in total. The number of hydrogen-bond donors (Lipinski definition) is 0. The molecule has 0 unspecified atom stereocenters. The second-order valence-corrected chi connectivity index (χ2v) is 8.24. The van der Waals surface area contributed by atoms with Crippen molar-refractivity contribution in [3.8, 4) is 5.69 Å². The van der Waals surface area contributed by atoms with E-state index in [1.165, 1.54) is 23.9 Å². The Balaban J connectivity index is 1.61. The van der Waals surface area contributed by atoms with Gasteiger partial charge in [-0.05, 0) is 41.5 Å². The van der Waals surface area contributed by atoms with Crippen LogP contribution in [0.3, 0.4) is 0 Å². The molecule has 0 fully saturated rings. The first-order valence-corrected chi connectivity index (χ1v) is 10.8. The van der Waals surface area contributed by atoms with Crippen LogP contribution in [0.1, 0.15) is 22.5 Å². The molecule has 3 aromatic carbocycles. The van der Waals surface area contributed by atoms with Gasteiger partial charge in [0.25, 0.3) is 0 Å². The minimum absolute atomic E-state index is 0.460. The number of alkyl halides is 3. The fourth-order valence-electron chi connectivity index (χ4n) is 3.10. The summed E-state index contributed by atoms with van der Waals surface area (Å²) in [7, 11) is 0. The van der Waals surface area contributed by atoms with Gasteiger partial charge in [0.05, 0.1) is 11.3 Å². The highest BCUT2D eigenvalue weighted by Gasteiger charge is 2.29. The summed E-state index contributed by atoms with van der Waals surface area (Å²) in [5, 5.41) is 9.96. The fourth-order valence-corrected chi connectivity index (χ4v) is 4.21. The maximum Gasteiger partial charge on any atom is 0.416 e. The average Bonchev–Trinajstić information content (AvgIpc) is 3.15. The summed E-state index contributed by atoms with van der Waals surface area (Å²) in [6.45, 7) is 0. The summed E-state index contributed by atoms with van der Waals surface area (Å²) in [6.07, 6.45) is -3.76. The summed E-state index contributed by atoms with van der Waals surface area (Å²) < 4.78 is 40.3. The molecule has 1 aromatic heterocycles. The first-order valence-electron chi connectivity index (χ1n) is 9.43. The highest BCUT2D eigenvalue weighted by Crippen LogP contribution is 2.31. The molecule has 0 atom stereocenters. The van der Waals surface area contributed by atoms with E-state index < -0.39 is 11.7 Å². The van der Waals surface area contributed by atoms with Crippen LogP contribution in [-0.4, -0.2) is 14.8 Å². The number of aromatic nitrogens is 3. The number of rotatable bonds is 6. The van der Waals surface area contributed by atoms with Crippen LogP contribution in [0.25, 0.3) is 5.69 Å². The molecule has 0 aliphatic carbocycles. The van der Waals surface area contributed by atoms with Crippen molar-refractivity contribution < 1.29 is 13.2 Å². The number of nitrogens with zero attached hydrogens (tertiary/aromatic N) is 3. The third kappa shape index (κ3) is 5.29. The van der Waals surface area contributed by atoms with Gasteiger partial charge in [0.2, 0.25) is 0 Å². The van der Waals surface area contributed by atoms with Gasteiger partial charge in [-0.25, -0.2) is 0 Å². The van der Waals surface area contributed by atoms with Crippen LogP contribution >= 0.6 is 23.4 Å². The Morgan fingerprint density at radius 2 is 1.58 bits per heavy atom. The molecular formula is C23H17ClF3N3S. The molecule has 8 heteroatoms. The van der Waals surface area contributed by atoms with Gasteiger partial charge >= 0.3 is 6.18 Å². The molecule has 3 nitrogen and oxygen atoms in total. The third-order valence-corrected chi connectivity index (χ3v) is 5.86. The standard InChI is InChI=1S/C23H17ClF3N3S/c24-19-7-4-8-20(14-19)30-21(13-16-5-2-1-3-6-16)28-29-22(30)31-15-17-9-11-18(12-10-17)23(25,26)27/h1-12,14H,13,15H2. The normalized spacial score (nSPS) is 11.6. The number of halogens is 4. The summed E-state index contributed by atoms with van der Waals surface area (Å²) in [4.78, 5) is 0. The van der Waals surface area contributed by atoms with Gasteiger partial charge in [-0.1, -0.05) is 71.9 Å². The van der Waals surface area contributed by atoms with Crippen molar-refractivity contribution in [3.05, 3.63) is 106 Å². The largest absolute Gasteiger partial charge is 0.416 e. The average molecular weight is 460 g/mol. The van der Waals surface area contributed by atoms with E-state index in [4.69, 9.17) is 11.6 Å². The lowest BCUT2D eigenvalue weighted by molar-refractivity contribution is -0.137. The van der Waals surface area contributed by atoms with E-state index in [9.17, 15) is 13.2 Å². The van der Waals surface area contributed by atoms with Gasteiger partial charge in [0.15, 0.2) is 5.16 Å². The minimum atomic E-state index is -4.34. The van der Waals surface area contributed by atoms with Gasteiger partial charge in [-0.15, -0.1) is 10.2 Å². The van der Waals surface area contributed by atoms with Crippen LogP contribution in [0, 0.1) is 0 Å². The van der Waals surface area contributed by atoms with E-state index in [0.717, 1.165) is 34.8 Å². The van der Waals surface area contributed by atoms with E-state index in [-0.39, 0.29) is 0 Å². The molecule has 0 aliphatic heterocycles. The van der Waals surface area contributed by atoms with E-state index in [2.05, 4.69) is 10.2 Å². The molecule has 1 heterocycles. The Morgan fingerprint density at radius 1 is 0.839 bits per heavy atom. The van der Waals surface area contributed by atoms with Crippen molar-refractivity contribution in [3.63, 3.8) is 0 Å². The van der Waals surface area contributed by atoms with Gasteiger partial charge in [0, 0.05) is 17.2 Å². The van der Waals surface area contributed by atoms with Crippen LogP contribution in [0.15, 0.2) is 84.0 Å². The lowest BCUT2D eigenvalue weighted by atomic mass is 10.1. The van der Waals surface area contributed by atoms with Gasteiger partial charge in [0.1, 0.15) is 5.82 Å². The molecule has 0 saturated heterocycles. The van der Waals surface area contributed by atoms with Crippen molar-refractivity contribution in [1.29, 1.82) is 0 Å². The van der Waals surface area contributed by atoms with Crippen LogP contribution in [0.4, 0.5) is 13.2 Å².